The Hall–Kier alpha value is -2.20. The molecule has 4 heteroatoms. The number of benzene rings is 1. The topological polar surface area (TPSA) is 56.7 Å². The summed E-state index contributed by atoms with van der Waals surface area (Å²) in [4.78, 5) is 4.37. The minimum Gasteiger partial charge on any atom is -0.328 e. The average molecular weight is 238 g/mol. The van der Waals surface area contributed by atoms with Crippen molar-refractivity contribution in [3.05, 3.63) is 60.6 Å². The molecule has 2 N–H and O–H groups in total. The quantitative estimate of drug-likeness (QED) is 0.759. The van der Waals surface area contributed by atoms with Crippen LogP contribution in [0.25, 0.3) is 10.9 Å². The van der Waals surface area contributed by atoms with E-state index in [0.29, 0.717) is 6.54 Å². The molecule has 2 aromatic heterocycles. The van der Waals surface area contributed by atoms with Crippen LogP contribution in [-0.4, -0.2) is 21.3 Å². The Balaban J connectivity index is 2.12. The lowest BCUT2D eigenvalue weighted by atomic mass is 10.2. The normalized spacial score (nSPS) is 12.7. The number of pyridine rings is 1. The lowest BCUT2D eigenvalue weighted by Crippen LogP contribution is -2.22. The number of aromatic nitrogens is 3. The second-order valence-corrected chi connectivity index (χ2v) is 4.15. The van der Waals surface area contributed by atoms with E-state index in [1.165, 1.54) is 0 Å². The van der Waals surface area contributed by atoms with Crippen molar-refractivity contribution in [2.45, 2.75) is 6.04 Å². The molecule has 0 bridgehead atoms. The number of nitrogens with zero attached hydrogens (tertiary/aromatic N) is 3. The van der Waals surface area contributed by atoms with Crippen molar-refractivity contribution in [1.29, 1.82) is 0 Å². The summed E-state index contributed by atoms with van der Waals surface area (Å²) in [6.07, 6.45) is 3.64. The molecule has 0 aliphatic carbocycles. The van der Waals surface area contributed by atoms with Gasteiger partial charge >= 0.3 is 0 Å². The number of fused-ring (bicyclic) bond motifs is 1. The van der Waals surface area contributed by atoms with Gasteiger partial charge in [0, 0.05) is 18.1 Å². The molecule has 1 atom stereocenters. The standard InChI is InChI=1S/C14H14N4/c15-9-14(12-6-3-4-8-16-12)18-13-7-2-1-5-11(13)10-17-18/h1-8,10,14H,9,15H2. The average Bonchev–Trinajstić information content (AvgIpc) is 2.85. The van der Waals surface area contributed by atoms with Crippen molar-refractivity contribution in [3.8, 4) is 0 Å². The largest absolute Gasteiger partial charge is 0.328 e. The third-order valence-electron chi connectivity index (χ3n) is 3.05. The van der Waals surface area contributed by atoms with E-state index in [4.69, 9.17) is 5.73 Å². The molecule has 0 aliphatic rings. The molecule has 0 saturated carbocycles. The van der Waals surface area contributed by atoms with Gasteiger partial charge in [-0.25, -0.2) is 0 Å². The zero-order valence-electron chi connectivity index (χ0n) is 9.90. The van der Waals surface area contributed by atoms with Crippen molar-refractivity contribution in [2.24, 2.45) is 5.73 Å². The van der Waals surface area contributed by atoms with Gasteiger partial charge in [0.05, 0.1) is 17.4 Å². The Morgan fingerprint density at radius 3 is 2.72 bits per heavy atom. The van der Waals surface area contributed by atoms with Gasteiger partial charge in [0.1, 0.15) is 6.04 Å². The van der Waals surface area contributed by atoms with Crippen LogP contribution in [0.2, 0.25) is 0 Å². The van der Waals surface area contributed by atoms with Crippen LogP contribution in [0.4, 0.5) is 0 Å². The third kappa shape index (κ3) is 1.76. The summed E-state index contributed by atoms with van der Waals surface area (Å²) < 4.78 is 1.94. The van der Waals surface area contributed by atoms with Crippen molar-refractivity contribution in [3.63, 3.8) is 0 Å². The van der Waals surface area contributed by atoms with E-state index in [2.05, 4.69) is 10.1 Å². The Morgan fingerprint density at radius 2 is 1.94 bits per heavy atom. The van der Waals surface area contributed by atoms with Crippen molar-refractivity contribution >= 4 is 10.9 Å². The zero-order valence-corrected chi connectivity index (χ0v) is 9.90. The first-order valence-corrected chi connectivity index (χ1v) is 5.93. The number of nitrogens with two attached hydrogens (primary N) is 1. The summed E-state index contributed by atoms with van der Waals surface area (Å²) in [7, 11) is 0. The monoisotopic (exact) mass is 238 g/mol. The Morgan fingerprint density at radius 1 is 1.11 bits per heavy atom. The zero-order chi connectivity index (χ0) is 12.4. The van der Waals surface area contributed by atoms with Gasteiger partial charge < -0.3 is 5.73 Å². The Kier molecular flexibility index (Phi) is 2.78. The predicted octanol–water partition coefficient (Wildman–Crippen LogP) is 1.98. The summed E-state index contributed by atoms with van der Waals surface area (Å²) in [6, 6.07) is 13.9. The number of hydrogen-bond donors (Lipinski definition) is 1. The maximum Gasteiger partial charge on any atom is 0.107 e. The lowest BCUT2D eigenvalue weighted by Gasteiger charge is -2.15. The highest BCUT2D eigenvalue weighted by atomic mass is 15.3. The molecular formula is C14H14N4. The van der Waals surface area contributed by atoms with Crippen LogP contribution in [0.5, 0.6) is 0 Å². The van der Waals surface area contributed by atoms with Gasteiger partial charge in [-0.3, -0.25) is 9.67 Å². The molecule has 4 nitrogen and oxygen atoms in total. The van der Waals surface area contributed by atoms with E-state index < -0.39 is 0 Å². The predicted molar refractivity (Wildman–Crippen MR) is 71.2 cm³/mol. The minimum absolute atomic E-state index is 0.0221. The van der Waals surface area contributed by atoms with Crippen LogP contribution in [0, 0.1) is 0 Å². The molecule has 90 valence electrons. The van der Waals surface area contributed by atoms with Crippen LogP contribution < -0.4 is 5.73 Å². The van der Waals surface area contributed by atoms with E-state index in [0.717, 1.165) is 16.6 Å². The number of para-hydroxylation sites is 1. The second-order valence-electron chi connectivity index (χ2n) is 4.15. The molecule has 2 heterocycles. The lowest BCUT2D eigenvalue weighted by molar-refractivity contribution is 0.536. The molecular weight excluding hydrogens is 224 g/mol. The van der Waals surface area contributed by atoms with Crippen LogP contribution in [-0.2, 0) is 0 Å². The molecule has 0 saturated heterocycles. The molecule has 0 amide bonds. The molecule has 1 aromatic carbocycles. The van der Waals surface area contributed by atoms with Crippen molar-refractivity contribution in [1.82, 2.24) is 14.8 Å². The minimum atomic E-state index is -0.0221. The molecule has 3 rings (SSSR count). The summed E-state index contributed by atoms with van der Waals surface area (Å²) in [5, 5.41) is 5.56. The smallest absolute Gasteiger partial charge is 0.107 e. The van der Waals surface area contributed by atoms with E-state index in [-0.39, 0.29) is 6.04 Å². The van der Waals surface area contributed by atoms with Gasteiger partial charge in [-0.2, -0.15) is 5.10 Å². The van der Waals surface area contributed by atoms with Crippen molar-refractivity contribution < 1.29 is 0 Å². The highest BCUT2D eigenvalue weighted by Crippen LogP contribution is 2.21. The molecule has 3 aromatic rings. The summed E-state index contributed by atoms with van der Waals surface area (Å²) in [6.45, 7) is 0.475. The highest BCUT2D eigenvalue weighted by Gasteiger charge is 2.15. The first-order valence-electron chi connectivity index (χ1n) is 5.93. The van der Waals surface area contributed by atoms with E-state index >= 15 is 0 Å². The van der Waals surface area contributed by atoms with E-state index in [1.807, 2.05) is 53.3 Å². The van der Waals surface area contributed by atoms with Gasteiger partial charge in [-0.15, -0.1) is 0 Å². The van der Waals surface area contributed by atoms with Crippen LogP contribution >= 0.6 is 0 Å². The fourth-order valence-corrected chi connectivity index (χ4v) is 2.16. The molecule has 0 fully saturated rings. The van der Waals surface area contributed by atoms with Crippen LogP contribution in [0.3, 0.4) is 0 Å². The Bertz CT molecular complexity index is 645. The first-order chi connectivity index (χ1) is 8.90. The summed E-state index contributed by atoms with van der Waals surface area (Å²) in [5.41, 5.74) is 7.91. The van der Waals surface area contributed by atoms with E-state index in [1.54, 1.807) is 6.20 Å². The van der Waals surface area contributed by atoms with Crippen LogP contribution in [0.1, 0.15) is 11.7 Å². The maximum absolute atomic E-state index is 5.89. The first kappa shape index (κ1) is 10.9. The summed E-state index contributed by atoms with van der Waals surface area (Å²) >= 11 is 0. The molecule has 1 unspecified atom stereocenters. The third-order valence-corrected chi connectivity index (χ3v) is 3.05. The van der Waals surface area contributed by atoms with Gasteiger partial charge in [-0.1, -0.05) is 24.3 Å². The van der Waals surface area contributed by atoms with Gasteiger partial charge in [-0.05, 0) is 18.2 Å². The second kappa shape index (κ2) is 4.58. The van der Waals surface area contributed by atoms with E-state index in [9.17, 15) is 0 Å². The number of rotatable bonds is 3. The SMILES string of the molecule is NCC(c1ccccn1)n1ncc2ccccc21. The summed E-state index contributed by atoms with van der Waals surface area (Å²) in [5.74, 6) is 0. The fourth-order valence-electron chi connectivity index (χ4n) is 2.16. The molecule has 18 heavy (non-hydrogen) atoms. The molecule has 0 aliphatic heterocycles. The van der Waals surface area contributed by atoms with Gasteiger partial charge in [0.15, 0.2) is 0 Å². The maximum atomic E-state index is 5.89. The molecule has 0 spiro atoms. The highest BCUT2D eigenvalue weighted by molar-refractivity contribution is 5.78. The van der Waals surface area contributed by atoms with Crippen LogP contribution in [0.15, 0.2) is 54.9 Å². The Labute approximate surface area is 105 Å². The number of hydrogen-bond acceptors (Lipinski definition) is 3. The van der Waals surface area contributed by atoms with Crippen molar-refractivity contribution in [2.75, 3.05) is 6.54 Å². The van der Waals surface area contributed by atoms with Gasteiger partial charge in [0.25, 0.3) is 0 Å². The fraction of sp³-hybridized carbons (Fsp3) is 0.143. The molecule has 0 radical (unpaired) electrons. The van der Waals surface area contributed by atoms with Gasteiger partial charge in [0.2, 0.25) is 0 Å².